The van der Waals surface area contributed by atoms with Crippen molar-refractivity contribution >= 4 is 0 Å². The van der Waals surface area contributed by atoms with Crippen molar-refractivity contribution in [2.24, 2.45) is 0 Å². The zero-order valence-electron chi connectivity index (χ0n) is 34.0. The number of phenols is 6. The smallest absolute Gasteiger partial charge is 0.122 e. The first-order valence-electron chi connectivity index (χ1n) is 19.4. The summed E-state index contributed by atoms with van der Waals surface area (Å²) >= 11 is 0. The molecule has 296 valence electrons. The Hall–Kier alpha value is -6.66. The molecule has 58 heavy (non-hydrogen) atoms. The van der Waals surface area contributed by atoms with Crippen molar-refractivity contribution < 1.29 is 30.6 Å². The molecule has 0 aliphatic carbocycles. The molecule has 0 unspecified atom stereocenters. The van der Waals surface area contributed by atoms with Crippen LogP contribution in [0.15, 0.2) is 146 Å². The molecule has 0 aliphatic rings. The summed E-state index contributed by atoms with van der Waals surface area (Å²) < 4.78 is 0. The summed E-state index contributed by atoms with van der Waals surface area (Å²) in [4.78, 5) is 0. The summed E-state index contributed by atoms with van der Waals surface area (Å²) in [5, 5.41) is 60.3. The molecule has 0 aromatic heterocycles. The second kappa shape index (κ2) is 16.8. The van der Waals surface area contributed by atoms with Crippen LogP contribution >= 0.6 is 0 Å². The lowest BCUT2D eigenvalue weighted by Gasteiger charge is -2.33. The van der Waals surface area contributed by atoms with Gasteiger partial charge in [0, 0.05) is 23.7 Å². The Bertz CT molecular complexity index is 2380. The predicted molar refractivity (Wildman–Crippen MR) is 233 cm³/mol. The number of hydrogen-bond acceptors (Lipinski definition) is 6. The molecule has 0 aliphatic heterocycles. The summed E-state index contributed by atoms with van der Waals surface area (Å²) in [5.74, 6) is 1.40. The van der Waals surface area contributed by atoms with Crippen molar-refractivity contribution in [2.75, 3.05) is 0 Å². The molecule has 7 aromatic rings. The maximum Gasteiger partial charge on any atom is 0.122 e. The monoisotopic (exact) mass is 772 g/mol. The molecule has 7 rings (SSSR count). The molecule has 0 radical (unpaired) electrons. The van der Waals surface area contributed by atoms with Crippen molar-refractivity contribution in [3.63, 3.8) is 0 Å². The molecule has 0 saturated carbocycles. The number of aryl methyl sites for hydroxylation is 3. The number of aromatic hydroxyl groups is 6. The first-order chi connectivity index (χ1) is 27.5. The van der Waals surface area contributed by atoms with E-state index in [1.165, 1.54) is 5.56 Å². The van der Waals surface area contributed by atoms with Gasteiger partial charge in [0.2, 0.25) is 0 Å². The van der Waals surface area contributed by atoms with E-state index in [1.807, 2.05) is 93.6 Å². The SMILES string of the molecule is CC(C)(c1ccc(O)cc1)c1ccc(C(C)(c2ccc(O)cc2)c2ccc(O)cc2)cc1.Cc1ccc(O)c(Cc2cc(C)cc(Cc3cc(C)ccc3O)c2O)c1. The molecule has 0 spiro atoms. The largest absolute Gasteiger partial charge is 0.508 e. The molecule has 0 bridgehead atoms. The lowest BCUT2D eigenvalue weighted by atomic mass is 9.70. The molecule has 0 fully saturated rings. The van der Waals surface area contributed by atoms with Crippen LogP contribution in [0.2, 0.25) is 0 Å². The van der Waals surface area contributed by atoms with Gasteiger partial charge < -0.3 is 30.6 Å². The van der Waals surface area contributed by atoms with Crippen LogP contribution in [0.1, 0.15) is 87.5 Å². The summed E-state index contributed by atoms with van der Waals surface area (Å²) in [5.41, 5.74) is 11.1. The zero-order valence-corrected chi connectivity index (χ0v) is 34.0. The minimum absolute atomic E-state index is 0.220. The highest BCUT2D eigenvalue weighted by Gasteiger charge is 2.32. The molecular weight excluding hydrogens is 721 g/mol. The highest BCUT2D eigenvalue weighted by Crippen LogP contribution is 2.41. The Balaban J connectivity index is 0.000000200. The van der Waals surface area contributed by atoms with Crippen LogP contribution in [0, 0.1) is 20.8 Å². The second-order valence-electron chi connectivity index (χ2n) is 16.0. The van der Waals surface area contributed by atoms with Crippen LogP contribution in [0.4, 0.5) is 0 Å². The van der Waals surface area contributed by atoms with Gasteiger partial charge in [0.1, 0.15) is 34.5 Å². The molecule has 6 nitrogen and oxygen atoms in total. The van der Waals surface area contributed by atoms with E-state index < -0.39 is 5.41 Å². The van der Waals surface area contributed by atoms with E-state index in [0.717, 1.165) is 61.2 Å². The minimum Gasteiger partial charge on any atom is -0.508 e. The zero-order chi connectivity index (χ0) is 41.8. The summed E-state index contributed by atoms with van der Waals surface area (Å²) in [6, 6.07) is 45.4. The van der Waals surface area contributed by atoms with Crippen molar-refractivity contribution in [3.05, 3.63) is 212 Å². The Morgan fingerprint density at radius 2 is 0.638 bits per heavy atom. The summed E-state index contributed by atoms with van der Waals surface area (Å²) in [7, 11) is 0. The molecule has 0 atom stereocenters. The van der Waals surface area contributed by atoms with Crippen LogP contribution in [0.5, 0.6) is 34.5 Å². The first kappa shape index (κ1) is 41.0. The Morgan fingerprint density at radius 3 is 1.00 bits per heavy atom. The Labute approximate surface area is 341 Å². The number of rotatable bonds is 9. The lowest BCUT2D eigenvalue weighted by molar-refractivity contribution is 0.456. The molecule has 6 N–H and O–H groups in total. The normalized spacial score (nSPS) is 11.5. The van der Waals surface area contributed by atoms with E-state index in [-0.39, 0.29) is 39.9 Å². The fourth-order valence-corrected chi connectivity index (χ4v) is 7.68. The maximum absolute atomic E-state index is 10.8. The van der Waals surface area contributed by atoms with E-state index in [2.05, 4.69) is 45.0 Å². The maximum atomic E-state index is 10.8. The number of hydrogen-bond donors (Lipinski definition) is 6. The standard InChI is InChI=1S/C29H28O3.C23H24O3/c1-28(2,21-8-14-25(30)15-9-21)20-4-6-22(7-5-20)29(3,23-10-16-26(31)17-11-23)24-12-18-27(32)19-13-24;1-14-4-6-21(24)17(8-14)12-19-10-16(3)11-20(23(19)26)13-18-9-15(2)5-7-22(18)25/h4-19,30-32H,1-3H3;4-11,24-26H,12-13H2,1-3H3. The van der Waals surface area contributed by atoms with E-state index in [1.54, 1.807) is 48.5 Å². The van der Waals surface area contributed by atoms with E-state index in [0.29, 0.717) is 12.8 Å². The van der Waals surface area contributed by atoms with Gasteiger partial charge in [0.15, 0.2) is 0 Å². The molecule has 6 heteroatoms. The van der Waals surface area contributed by atoms with Gasteiger partial charge in [0.25, 0.3) is 0 Å². The Kier molecular flexibility index (Phi) is 11.9. The third-order valence-electron chi connectivity index (χ3n) is 11.3. The van der Waals surface area contributed by atoms with E-state index in [9.17, 15) is 30.6 Å². The van der Waals surface area contributed by atoms with Crippen LogP contribution in [0.25, 0.3) is 0 Å². The van der Waals surface area contributed by atoms with Crippen LogP contribution in [0.3, 0.4) is 0 Å². The molecule has 0 heterocycles. The van der Waals surface area contributed by atoms with Crippen molar-refractivity contribution in [3.8, 4) is 34.5 Å². The quantitative estimate of drug-likeness (QED) is 0.0813. The fraction of sp³-hybridized carbons (Fsp3) is 0.192. The topological polar surface area (TPSA) is 121 Å². The molecule has 7 aromatic carbocycles. The lowest BCUT2D eigenvalue weighted by Crippen LogP contribution is -2.26. The van der Waals surface area contributed by atoms with Gasteiger partial charge >= 0.3 is 0 Å². The fourth-order valence-electron chi connectivity index (χ4n) is 7.68. The molecule has 0 saturated heterocycles. The predicted octanol–water partition coefficient (Wildman–Crippen LogP) is 11.4. The van der Waals surface area contributed by atoms with Crippen LogP contribution in [-0.4, -0.2) is 30.6 Å². The van der Waals surface area contributed by atoms with Crippen molar-refractivity contribution in [1.82, 2.24) is 0 Å². The number of benzene rings is 7. The molecular formula is C52H52O6. The average molecular weight is 773 g/mol. The highest BCUT2D eigenvalue weighted by atomic mass is 16.3. The minimum atomic E-state index is -0.470. The number of phenolic OH excluding ortho intramolecular Hbond substituents is 6. The van der Waals surface area contributed by atoms with Gasteiger partial charge in [0.05, 0.1) is 0 Å². The average Bonchev–Trinajstić information content (AvgIpc) is 3.20. The van der Waals surface area contributed by atoms with Gasteiger partial charge in [-0.15, -0.1) is 0 Å². The van der Waals surface area contributed by atoms with Crippen LogP contribution < -0.4 is 0 Å². The van der Waals surface area contributed by atoms with E-state index >= 15 is 0 Å². The van der Waals surface area contributed by atoms with Gasteiger partial charge in [-0.1, -0.05) is 128 Å². The van der Waals surface area contributed by atoms with Gasteiger partial charge in [-0.05, 0) is 126 Å². The van der Waals surface area contributed by atoms with Crippen molar-refractivity contribution in [1.29, 1.82) is 0 Å². The van der Waals surface area contributed by atoms with Gasteiger partial charge in [-0.3, -0.25) is 0 Å². The first-order valence-corrected chi connectivity index (χ1v) is 19.4. The Morgan fingerprint density at radius 1 is 0.345 bits per heavy atom. The highest BCUT2D eigenvalue weighted by molar-refractivity contribution is 5.54. The third-order valence-corrected chi connectivity index (χ3v) is 11.3. The second-order valence-corrected chi connectivity index (χ2v) is 16.0. The third kappa shape index (κ3) is 8.98. The van der Waals surface area contributed by atoms with Crippen LogP contribution in [-0.2, 0) is 23.7 Å². The van der Waals surface area contributed by atoms with Crippen molar-refractivity contribution in [2.45, 2.75) is 65.2 Å². The van der Waals surface area contributed by atoms with Gasteiger partial charge in [-0.2, -0.15) is 0 Å². The molecule has 0 amide bonds. The van der Waals surface area contributed by atoms with Gasteiger partial charge in [-0.25, -0.2) is 0 Å². The van der Waals surface area contributed by atoms with E-state index in [4.69, 9.17) is 0 Å². The summed E-state index contributed by atoms with van der Waals surface area (Å²) in [6.07, 6.45) is 0.904. The summed E-state index contributed by atoms with van der Waals surface area (Å²) in [6.45, 7) is 12.4.